The highest BCUT2D eigenvalue weighted by molar-refractivity contribution is 5.94. The van der Waals surface area contributed by atoms with Crippen LogP contribution in [0.2, 0.25) is 0 Å². The predicted octanol–water partition coefficient (Wildman–Crippen LogP) is 0.405. The van der Waals surface area contributed by atoms with Crippen LogP contribution in [0.25, 0.3) is 6.08 Å². The SMILES string of the molecule is COCC(=O)NN(CC=O)C(=O)C=Cc1ccccc1. The maximum absolute atomic E-state index is 11.9. The van der Waals surface area contributed by atoms with Crippen molar-refractivity contribution in [3.05, 3.63) is 42.0 Å². The van der Waals surface area contributed by atoms with E-state index in [-0.39, 0.29) is 13.2 Å². The number of nitrogens with one attached hydrogen (secondary N) is 1. The highest BCUT2D eigenvalue weighted by Crippen LogP contribution is 2.01. The van der Waals surface area contributed by atoms with E-state index in [0.29, 0.717) is 6.29 Å². The molecule has 0 fully saturated rings. The molecule has 20 heavy (non-hydrogen) atoms. The van der Waals surface area contributed by atoms with Gasteiger partial charge < -0.3 is 9.53 Å². The lowest BCUT2D eigenvalue weighted by Gasteiger charge is -2.19. The lowest BCUT2D eigenvalue weighted by Crippen LogP contribution is -2.47. The summed E-state index contributed by atoms with van der Waals surface area (Å²) in [4.78, 5) is 33.7. The Balaban J connectivity index is 2.66. The zero-order valence-corrected chi connectivity index (χ0v) is 11.1. The maximum Gasteiger partial charge on any atom is 0.265 e. The Morgan fingerprint density at radius 3 is 2.60 bits per heavy atom. The van der Waals surface area contributed by atoms with E-state index in [9.17, 15) is 14.4 Å². The van der Waals surface area contributed by atoms with E-state index in [1.54, 1.807) is 6.08 Å². The third-order valence-corrected chi connectivity index (χ3v) is 2.28. The first-order valence-electron chi connectivity index (χ1n) is 5.94. The van der Waals surface area contributed by atoms with Crippen molar-refractivity contribution in [2.24, 2.45) is 0 Å². The Bertz CT molecular complexity index is 485. The van der Waals surface area contributed by atoms with Crippen LogP contribution >= 0.6 is 0 Å². The summed E-state index contributed by atoms with van der Waals surface area (Å²) in [7, 11) is 1.36. The predicted molar refractivity (Wildman–Crippen MR) is 73.3 cm³/mol. The number of hydrazine groups is 1. The highest BCUT2D eigenvalue weighted by atomic mass is 16.5. The van der Waals surface area contributed by atoms with Gasteiger partial charge in [0.25, 0.3) is 11.8 Å². The van der Waals surface area contributed by atoms with E-state index < -0.39 is 11.8 Å². The number of aldehydes is 1. The number of rotatable bonds is 6. The Hall–Kier alpha value is -2.47. The molecule has 0 aliphatic heterocycles. The molecule has 0 radical (unpaired) electrons. The fraction of sp³-hybridized carbons (Fsp3) is 0.214. The Labute approximate surface area is 117 Å². The second-order valence-corrected chi connectivity index (χ2v) is 3.83. The van der Waals surface area contributed by atoms with Crippen LogP contribution in [0.15, 0.2) is 36.4 Å². The summed E-state index contributed by atoms with van der Waals surface area (Å²) in [6.45, 7) is -0.418. The van der Waals surface area contributed by atoms with Crippen molar-refractivity contribution in [3.63, 3.8) is 0 Å². The van der Waals surface area contributed by atoms with E-state index in [2.05, 4.69) is 10.2 Å². The topological polar surface area (TPSA) is 75.7 Å². The lowest BCUT2D eigenvalue weighted by atomic mass is 10.2. The third-order valence-electron chi connectivity index (χ3n) is 2.28. The highest BCUT2D eigenvalue weighted by Gasteiger charge is 2.13. The molecule has 0 spiro atoms. The first kappa shape index (κ1) is 15.6. The molecule has 1 aromatic carbocycles. The molecule has 0 saturated heterocycles. The molecule has 6 heteroatoms. The van der Waals surface area contributed by atoms with Crippen LogP contribution in [0.1, 0.15) is 5.56 Å². The molecule has 0 heterocycles. The molecule has 0 bridgehead atoms. The van der Waals surface area contributed by atoms with Gasteiger partial charge in [-0.15, -0.1) is 0 Å². The van der Waals surface area contributed by atoms with Crippen LogP contribution in [0.5, 0.6) is 0 Å². The number of carbonyl (C=O) groups excluding carboxylic acids is 3. The molecule has 1 N–H and O–H groups in total. The fourth-order valence-corrected chi connectivity index (χ4v) is 1.40. The molecule has 0 aromatic heterocycles. The molecule has 6 nitrogen and oxygen atoms in total. The van der Waals surface area contributed by atoms with Crippen LogP contribution in [0.4, 0.5) is 0 Å². The monoisotopic (exact) mass is 276 g/mol. The van der Waals surface area contributed by atoms with Crippen LogP contribution in [-0.4, -0.2) is 43.4 Å². The summed E-state index contributed by atoms with van der Waals surface area (Å²) in [6.07, 6.45) is 3.41. The number of amides is 2. The molecule has 0 saturated carbocycles. The molecular weight excluding hydrogens is 260 g/mol. The fourth-order valence-electron chi connectivity index (χ4n) is 1.40. The maximum atomic E-state index is 11.9. The van der Waals surface area contributed by atoms with Crippen LogP contribution in [0.3, 0.4) is 0 Å². The van der Waals surface area contributed by atoms with Gasteiger partial charge in [0.05, 0.1) is 6.54 Å². The molecule has 2 amide bonds. The van der Waals surface area contributed by atoms with Gasteiger partial charge in [0, 0.05) is 13.2 Å². The van der Waals surface area contributed by atoms with Crippen molar-refractivity contribution in [1.29, 1.82) is 0 Å². The molecule has 0 aliphatic carbocycles. The second kappa shape index (κ2) is 8.60. The average Bonchev–Trinajstić information content (AvgIpc) is 2.45. The third kappa shape index (κ3) is 5.45. The van der Waals surface area contributed by atoms with Gasteiger partial charge in [-0.1, -0.05) is 30.3 Å². The molecule has 0 aliphatic rings. The zero-order valence-electron chi connectivity index (χ0n) is 11.1. The Morgan fingerprint density at radius 1 is 1.30 bits per heavy atom. The number of hydrogen-bond acceptors (Lipinski definition) is 4. The van der Waals surface area contributed by atoms with E-state index in [4.69, 9.17) is 0 Å². The molecule has 1 aromatic rings. The van der Waals surface area contributed by atoms with Crippen LogP contribution in [-0.2, 0) is 19.1 Å². The number of benzene rings is 1. The molecule has 106 valence electrons. The summed E-state index contributed by atoms with van der Waals surface area (Å²) in [5.41, 5.74) is 3.13. The van der Waals surface area contributed by atoms with Gasteiger partial charge in [0.1, 0.15) is 12.9 Å². The quantitative estimate of drug-likeness (QED) is 0.464. The molecular formula is C14H16N2O4. The van der Waals surface area contributed by atoms with E-state index >= 15 is 0 Å². The van der Waals surface area contributed by atoms with Crippen LogP contribution < -0.4 is 5.43 Å². The molecule has 1 rings (SSSR count). The largest absolute Gasteiger partial charge is 0.375 e. The van der Waals surface area contributed by atoms with Crippen molar-refractivity contribution in [2.45, 2.75) is 0 Å². The van der Waals surface area contributed by atoms with Crippen molar-refractivity contribution in [1.82, 2.24) is 10.4 Å². The summed E-state index contributed by atoms with van der Waals surface area (Å²) < 4.78 is 4.64. The summed E-state index contributed by atoms with van der Waals surface area (Å²) in [5, 5.41) is 0.924. The van der Waals surface area contributed by atoms with Crippen molar-refractivity contribution in [2.75, 3.05) is 20.3 Å². The van der Waals surface area contributed by atoms with Gasteiger partial charge in [0.15, 0.2) is 0 Å². The van der Waals surface area contributed by atoms with Gasteiger partial charge in [0.2, 0.25) is 0 Å². The number of ether oxygens (including phenoxy) is 1. The van der Waals surface area contributed by atoms with Gasteiger partial charge in [-0.2, -0.15) is 0 Å². The van der Waals surface area contributed by atoms with Crippen molar-refractivity contribution in [3.8, 4) is 0 Å². The van der Waals surface area contributed by atoms with Gasteiger partial charge in [-0.3, -0.25) is 15.0 Å². The number of nitrogens with zero attached hydrogens (tertiary/aromatic N) is 1. The first-order chi connectivity index (χ1) is 9.67. The van der Waals surface area contributed by atoms with E-state index in [0.717, 1.165) is 10.6 Å². The van der Waals surface area contributed by atoms with E-state index in [1.165, 1.54) is 13.2 Å². The first-order valence-corrected chi connectivity index (χ1v) is 5.94. The minimum atomic E-state index is -0.504. The lowest BCUT2D eigenvalue weighted by molar-refractivity contribution is -0.140. The van der Waals surface area contributed by atoms with E-state index in [1.807, 2.05) is 30.3 Å². The van der Waals surface area contributed by atoms with Crippen molar-refractivity contribution < 1.29 is 19.1 Å². The normalized spacial score (nSPS) is 10.2. The molecule has 0 unspecified atom stereocenters. The van der Waals surface area contributed by atoms with Gasteiger partial charge >= 0.3 is 0 Å². The Morgan fingerprint density at radius 2 is 2.00 bits per heavy atom. The van der Waals surface area contributed by atoms with Gasteiger partial charge in [-0.25, -0.2) is 5.01 Å². The smallest absolute Gasteiger partial charge is 0.265 e. The number of methoxy groups -OCH3 is 1. The summed E-state index contributed by atoms with van der Waals surface area (Å²) in [6, 6.07) is 9.21. The average molecular weight is 276 g/mol. The number of carbonyl (C=O) groups is 3. The van der Waals surface area contributed by atoms with Crippen molar-refractivity contribution >= 4 is 24.2 Å². The number of hydrogen-bond donors (Lipinski definition) is 1. The Kier molecular flexibility index (Phi) is 6.70. The molecule has 0 atom stereocenters. The summed E-state index contributed by atoms with van der Waals surface area (Å²) in [5.74, 6) is -0.999. The van der Waals surface area contributed by atoms with Crippen LogP contribution in [0, 0.1) is 0 Å². The second-order valence-electron chi connectivity index (χ2n) is 3.83. The standard InChI is InChI=1S/C14H16N2O4/c1-20-11-13(18)15-16(9-10-17)14(19)8-7-12-5-3-2-4-6-12/h2-8,10H,9,11H2,1H3,(H,15,18). The minimum absolute atomic E-state index is 0.189. The summed E-state index contributed by atoms with van der Waals surface area (Å²) >= 11 is 0. The zero-order chi connectivity index (χ0) is 14.8. The van der Waals surface area contributed by atoms with Gasteiger partial charge in [-0.05, 0) is 11.6 Å². The minimum Gasteiger partial charge on any atom is -0.375 e.